The number of nitrogens with zero attached hydrogens (tertiary/aromatic N) is 9. The fraction of sp³-hybridized carbons (Fsp3) is 0.564. The molecule has 0 amide bonds. The average molecular weight is 2130 g/mol. The van der Waals surface area contributed by atoms with Crippen LogP contribution in [0.2, 0.25) is 0 Å². The second kappa shape index (κ2) is 44.2. The second-order valence-corrected chi connectivity index (χ2v) is 49.8. The number of likely N-dealkylation sites (tertiary alicyclic amines) is 5. The molecule has 7 aromatic rings. The zero-order valence-electron chi connectivity index (χ0n) is 81.0. The molecule has 146 heavy (non-hydrogen) atoms. The van der Waals surface area contributed by atoms with Crippen molar-refractivity contribution >= 4 is 40.1 Å². The molecule has 8 unspecified atom stereocenters. The summed E-state index contributed by atoms with van der Waals surface area (Å²) < 4.78 is 309. The van der Waals surface area contributed by atoms with Crippen molar-refractivity contribution in [2.45, 2.75) is 172 Å². The van der Waals surface area contributed by atoms with Crippen LogP contribution in [0.1, 0.15) is 114 Å². The van der Waals surface area contributed by atoms with Crippen LogP contribution in [0.4, 0.5) is 57.1 Å². The Labute approximate surface area is 842 Å². The minimum absolute atomic E-state index is 0.0253. The fourth-order valence-corrected chi connectivity index (χ4v) is 29.1. The summed E-state index contributed by atoms with van der Waals surface area (Å²) in [5.74, 6) is -2.14. The Hall–Kier alpha value is -7.63. The molecule has 11 N–H and O–H groups in total. The minimum Gasteiger partial charge on any atom is -0.370 e. The summed E-state index contributed by atoms with van der Waals surface area (Å²) >= 11 is 0. The highest BCUT2D eigenvalue weighted by Crippen LogP contribution is 2.47. The average Bonchev–Trinajstić information content (AvgIpc) is 1.60. The third-order valence-electron chi connectivity index (χ3n) is 32.1. The van der Waals surface area contributed by atoms with Gasteiger partial charge in [0.15, 0.2) is 0 Å². The van der Waals surface area contributed by atoms with Gasteiger partial charge >= 0.3 is 6.18 Å². The lowest BCUT2D eigenvalue weighted by Gasteiger charge is -2.51. The van der Waals surface area contributed by atoms with Gasteiger partial charge in [-0.1, -0.05) is 30.3 Å². The molecule has 28 nitrogen and oxygen atoms in total. The topological polar surface area (TPSA) is 354 Å². The number of halogens is 13. The Morgan fingerprint density at radius 1 is 0.349 bits per heavy atom. The van der Waals surface area contributed by atoms with Gasteiger partial charge in [-0.25, -0.2) is 86.6 Å². The van der Waals surface area contributed by atoms with Crippen molar-refractivity contribution in [3.8, 4) is 0 Å². The van der Waals surface area contributed by atoms with Crippen LogP contribution in [-0.2, 0) is 76.5 Å². The van der Waals surface area contributed by atoms with Crippen LogP contribution in [0.3, 0.4) is 0 Å². The largest absolute Gasteiger partial charge is 0.416 e. The van der Waals surface area contributed by atoms with E-state index in [-0.39, 0.29) is 107 Å². The first-order valence-electron chi connectivity index (χ1n) is 49.5. The first kappa shape index (κ1) is 108. The van der Waals surface area contributed by atoms with Gasteiger partial charge in [-0.05, 0) is 201 Å². The first-order valence-corrected chi connectivity index (χ1v) is 56.5. The normalized spacial score (nSPS) is 32.9. The maximum Gasteiger partial charge on any atom is 0.416 e. The Bertz CT molecular complexity index is 6210. The van der Waals surface area contributed by atoms with Crippen LogP contribution in [0.25, 0.3) is 0 Å². The first-order chi connectivity index (χ1) is 69.2. The highest BCUT2D eigenvalue weighted by atomic mass is 32.2. The molecule has 22 rings (SSSR count). The van der Waals surface area contributed by atoms with E-state index in [1.165, 1.54) is 39.0 Å². The van der Waals surface area contributed by atoms with Crippen molar-refractivity contribution < 1.29 is 114 Å². The van der Waals surface area contributed by atoms with Crippen molar-refractivity contribution in [2.75, 3.05) is 157 Å². The monoisotopic (exact) mass is 2130 g/mol. The molecule has 0 radical (unpaired) electrons. The number of hydrogen-bond acceptors (Lipinski definition) is 24. The van der Waals surface area contributed by atoms with E-state index in [4.69, 9.17) is 52.4 Å². The number of nitrogens with two attached hydrogens (primary N) is 5. The summed E-state index contributed by atoms with van der Waals surface area (Å²) in [4.78, 5) is 13.8. The summed E-state index contributed by atoms with van der Waals surface area (Å²) in [7, 11) is -13.5. The molecule has 13 fully saturated rings. The van der Waals surface area contributed by atoms with Gasteiger partial charge in [0.2, 0.25) is 40.1 Å². The number of fused-ring (bicyclic) bond motifs is 4. The van der Waals surface area contributed by atoms with Gasteiger partial charge in [0.25, 0.3) is 0 Å². The van der Waals surface area contributed by atoms with Crippen molar-refractivity contribution in [2.24, 2.45) is 64.2 Å². The summed E-state index contributed by atoms with van der Waals surface area (Å²) in [6, 6.07) is 29.3. The van der Waals surface area contributed by atoms with Gasteiger partial charge in [0.1, 0.15) is 88.7 Å². The standard InChI is InChI=1S/C24H24F5N3O3S.C24H29F2N3O.C19H27F2N3O3S.2C17H23F2N3O3S/c25-17-3-6-21(26)20(7-17)23-22(30)8-18(13-35-23)31-9-14-11-32(12-15(14)10-31)36(33,34)19-4-1-16(2-5-19)24(27,28)29;25-19-6-7-22(26)21(8-19)24-23(27)9-20(15-30-24)29-13-17-11-28(12-18(17)14-29)10-16-4-2-1-3-5-16;1-28(25,26)23-14-4-11-8-24(9-12(11)5-14)15-7-18(22)19(27-10-15)16-6-13(20)2-3-17(16)21;1-26(23,24)21-6-10-7-22(16(10)8-21)12-5-15(20)17(25-9-12)13-4-11(18)2-3-14(13)19;1-26(23,24)22-7-10-6-21(8-16(10)22)12-5-15(20)17(25-9-12)13-4-11(18)2-3-14(13)19/h1-7,18,22-23H,8-13,30H2;1-8,17-18,20,23-24H,9-15,27H2;2-3,6,11-12,14-15,18-19,23H,4-5,7-10,22H2,1H3;2*2-4,10,12,15-17H,5-9,20H2,1H3/t18-,22+,23-;17?,18?,20-,23+,24-;11?,12?,14?,15-,18+,19-;2*10?,12-,15+,16?,17-/m11111/s1. The molecule has 798 valence electrons. The summed E-state index contributed by atoms with van der Waals surface area (Å²) in [6.07, 6.45) is 0.602. The molecule has 1 aliphatic carbocycles. The summed E-state index contributed by atoms with van der Waals surface area (Å²) in [5, 5.41) is 0. The quantitative estimate of drug-likeness (QED) is 0.0344. The highest BCUT2D eigenvalue weighted by Gasteiger charge is 2.55. The minimum atomic E-state index is -4.54. The van der Waals surface area contributed by atoms with Crippen LogP contribution in [0, 0.1) is 93.7 Å². The SMILES string of the molecule is CS(=O)(=O)N1CC2CN([C@H]3CO[C@H](c4cc(F)ccc4F)[C@@H](N)C3)C2C1.CS(=O)(=O)N1CC2CN([C@H]3CO[C@H](c4cc(F)ccc4F)[C@@H](N)C3)CC21.CS(=O)(=O)NC1CC2CN([C@H]3CO[C@H](c4cc(F)ccc4F)[C@@H](N)C3)CC2C1.N[C@H]1C[C@@H](N2CC3=C(C2)CN(S(=O)(=O)c2ccc(C(F)(F)F)cc2)C3)CO[C@@H]1c1cc(F)ccc1F.N[C@H]1C[C@@H](N2CC3CN(Cc4ccccc4)CC3C2)CO[C@@H]1c1cc(F)ccc1F. The number of nitrogens with one attached hydrogen (secondary N) is 1. The van der Waals surface area contributed by atoms with Crippen molar-refractivity contribution in [3.05, 3.63) is 254 Å². The number of alkyl halides is 3. The van der Waals surface area contributed by atoms with Crippen LogP contribution in [0.15, 0.2) is 162 Å². The number of hydrogen-bond donors (Lipinski definition) is 6. The lowest BCUT2D eigenvalue weighted by molar-refractivity contribution is -0.137. The van der Waals surface area contributed by atoms with E-state index in [0.29, 0.717) is 127 Å². The molecule has 45 heteroatoms. The van der Waals surface area contributed by atoms with Crippen LogP contribution >= 0.6 is 0 Å². The maximum atomic E-state index is 14.2. The molecule has 0 bridgehead atoms. The number of ether oxygens (including phenoxy) is 5. The number of benzene rings is 7. The summed E-state index contributed by atoms with van der Waals surface area (Å²) in [6.45, 7) is 14.4. The van der Waals surface area contributed by atoms with Gasteiger partial charge < -0.3 is 52.4 Å². The molecular formula is C101H126F13N15O13S4. The molecule has 15 aliphatic rings. The number of sulfonamides is 4. The lowest BCUT2D eigenvalue weighted by Crippen LogP contribution is -2.63. The summed E-state index contributed by atoms with van der Waals surface area (Å²) in [5.41, 5.74) is 34.5. The maximum absolute atomic E-state index is 14.2. The van der Waals surface area contributed by atoms with Gasteiger partial charge in [-0.2, -0.15) is 21.8 Å². The van der Waals surface area contributed by atoms with Crippen molar-refractivity contribution in [3.63, 3.8) is 0 Å². The van der Waals surface area contributed by atoms with Crippen molar-refractivity contribution in [1.82, 2.24) is 47.0 Å². The fourth-order valence-electron chi connectivity index (χ4n) is 24.8. The van der Waals surface area contributed by atoms with E-state index in [1.54, 1.807) is 4.31 Å². The molecule has 7 aromatic carbocycles. The van der Waals surface area contributed by atoms with E-state index in [2.05, 4.69) is 64.5 Å². The lowest BCUT2D eigenvalue weighted by atomic mass is 9.86. The Balaban J connectivity index is 0.000000120. The van der Waals surface area contributed by atoms with Gasteiger partial charge in [0.05, 0.1) is 62.3 Å². The van der Waals surface area contributed by atoms with E-state index >= 15 is 0 Å². The Morgan fingerprint density at radius 3 is 1.08 bits per heavy atom. The third kappa shape index (κ3) is 24.5. The molecule has 14 aliphatic heterocycles. The van der Waals surface area contributed by atoms with Crippen LogP contribution in [0.5, 0.6) is 0 Å². The van der Waals surface area contributed by atoms with Crippen LogP contribution < -0.4 is 33.4 Å². The number of rotatable bonds is 18. The van der Waals surface area contributed by atoms with E-state index in [0.717, 1.165) is 199 Å². The van der Waals surface area contributed by atoms with Crippen molar-refractivity contribution in [1.29, 1.82) is 0 Å². The van der Waals surface area contributed by atoms with E-state index < -0.39 is 165 Å². The van der Waals surface area contributed by atoms with Gasteiger partial charge in [-0.3, -0.25) is 29.4 Å². The Kier molecular flexibility index (Phi) is 32.8. The van der Waals surface area contributed by atoms with E-state index in [9.17, 15) is 90.7 Å². The third-order valence-corrected chi connectivity index (χ3v) is 37.1. The Morgan fingerprint density at radius 2 is 0.705 bits per heavy atom. The zero-order chi connectivity index (χ0) is 104. The predicted molar refractivity (Wildman–Crippen MR) is 517 cm³/mol. The molecule has 23 atom stereocenters. The molecule has 0 aromatic heterocycles. The highest BCUT2D eigenvalue weighted by molar-refractivity contribution is 7.89. The van der Waals surface area contributed by atoms with Gasteiger partial charge in [-0.15, -0.1) is 0 Å². The van der Waals surface area contributed by atoms with E-state index in [1.807, 2.05) is 0 Å². The molecule has 14 heterocycles. The molecular weight excluding hydrogens is 2010 g/mol. The smallest absolute Gasteiger partial charge is 0.370 e. The zero-order valence-corrected chi connectivity index (χ0v) is 84.3. The second-order valence-electron chi connectivity index (χ2n) is 42.2. The molecule has 12 saturated heterocycles. The molecule has 1 saturated carbocycles. The van der Waals surface area contributed by atoms with Gasteiger partial charge in [0, 0.05) is 229 Å². The van der Waals surface area contributed by atoms with Crippen LogP contribution in [-0.4, -0.2) is 311 Å². The molecule has 0 spiro atoms. The predicted octanol–water partition coefficient (Wildman–Crippen LogP) is 9.42.